The second-order valence-electron chi connectivity index (χ2n) is 5.11. The van der Waals surface area contributed by atoms with Crippen molar-refractivity contribution < 1.29 is 32.2 Å². The molecular formula is C12H14F3O4-. The van der Waals surface area contributed by atoms with E-state index in [4.69, 9.17) is 4.42 Å². The molecule has 1 aromatic rings. The Kier molecular flexibility index (Phi) is 4.29. The smallest absolute Gasteiger partial charge is 0.411 e. The Hall–Kier alpha value is -1.50. The Balaban J connectivity index is 2.89. The number of hydrogen-bond acceptors (Lipinski definition) is 4. The highest BCUT2D eigenvalue weighted by Crippen LogP contribution is 2.29. The molecule has 0 aliphatic rings. The molecule has 0 aliphatic carbocycles. The van der Waals surface area contributed by atoms with Crippen molar-refractivity contribution in [3.8, 4) is 0 Å². The van der Waals surface area contributed by atoms with Crippen molar-refractivity contribution >= 4 is 5.97 Å². The van der Waals surface area contributed by atoms with Crippen LogP contribution in [-0.4, -0.2) is 18.8 Å². The second-order valence-corrected chi connectivity index (χ2v) is 5.11. The number of rotatable bonds is 4. The first-order valence-electron chi connectivity index (χ1n) is 5.50. The molecular weight excluding hydrogens is 265 g/mol. The zero-order chi connectivity index (χ0) is 14.8. The highest BCUT2D eigenvalue weighted by Gasteiger charge is 2.29. The van der Waals surface area contributed by atoms with E-state index in [9.17, 15) is 23.1 Å². The van der Waals surface area contributed by atoms with Gasteiger partial charge in [0.2, 0.25) is 0 Å². The van der Waals surface area contributed by atoms with Gasteiger partial charge in [0.15, 0.2) is 0 Å². The molecule has 0 fully saturated rings. The molecule has 1 rings (SSSR count). The van der Waals surface area contributed by atoms with Crippen LogP contribution in [0.1, 0.15) is 42.6 Å². The van der Waals surface area contributed by atoms with Gasteiger partial charge in [-0.3, -0.25) is 0 Å². The molecule has 0 bridgehead atoms. The fourth-order valence-electron chi connectivity index (χ4n) is 1.55. The molecule has 0 aromatic carbocycles. The summed E-state index contributed by atoms with van der Waals surface area (Å²) in [5.74, 6) is -1.67. The zero-order valence-corrected chi connectivity index (χ0v) is 10.8. The third-order valence-corrected chi connectivity index (χ3v) is 2.21. The van der Waals surface area contributed by atoms with Crippen molar-refractivity contribution in [2.45, 2.75) is 39.0 Å². The maximum absolute atomic E-state index is 12.0. The number of carbonyl (C=O) groups is 1. The molecule has 7 heteroatoms. The SMILES string of the molecule is CC(C)(C)c1oc(C(=O)[O-])cc1COCC(F)(F)F. The van der Waals surface area contributed by atoms with E-state index in [1.807, 2.05) is 0 Å². The van der Waals surface area contributed by atoms with Crippen LogP contribution in [0, 0.1) is 0 Å². The van der Waals surface area contributed by atoms with Gasteiger partial charge in [0.05, 0.1) is 6.61 Å². The Morgan fingerprint density at radius 2 is 1.95 bits per heavy atom. The molecule has 1 heterocycles. The molecule has 0 amide bonds. The average molecular weight is 279 g/mol. The summed E-state index contributed by atoms with van der Waals surface area (Å²) < 4.78 is 45.5. The van der Waals surface area contributed by atoms with Crippen LogP contribution in [0.4, 0.5) is 13.2 Å². The molecule has 0 N–H and O–H groups in total. The topological polar surface area (TPSA) is 62.5 Å². The number of carboxylic acid groups (broad SMARTS) is 1. The fraction of sp³-hybridized carbons (Fsp3) is 0.583. The van der Waals surface area contributed by atoms with Crippen molar-refractivity contribution in [2.75, 3.05) is 6.61 Å². The Labute approximate surface area is 108 Å². The maximum atomic E-state index is 12.0. The van der Waals surface area contributed by atoms with Crippen LogP contribution < -0.4 is 5.11 Å². The van der Waals surface area contributed by atoms with Gasteiger partial charge in [-0.15, -0.1) is 0 Å². The fourth-order valence-corrected chi connectivity index (χ4v) is 1.55. The van der Waals surface area contributed by atoms with E-state index in [1.54, 1.807) is 20.8 Å². The number of carboxylic acids is 1. The predicted molar refractivity (Wildman–Crippen MR) is 57.4 cm³/mol. The van der Waals surface area contributed by atoms with E-state index in [0.29, 0.717) is 0 Å². The van der Waals surface area contributed by atoms with Gasteiger partial charge in [0.25, 0.3) is 0 Å². The van der Waals surface area contributed by atoms with Gasteiger partial charge in [-0.25, -0.2) is 0 Å². The summed E-state index contributed by atoms with van der Waals surface area (Å²) in [7, 11) is 0. The second kappa shape index (κ2) is 5.24. The molecule has 0 unspecified atom stereocenters. The first-order chi connectivity index (χ1) is 8.50. The summed E-state index contributed by atoms with van der Waals surface area (Å²) >= 11 is 0. The van der Waals surface area contributed by atoms with E-state index in [1.165, 1.54) is 0 Å². The van der Waals surface area contributed by atoms with Gasteiger partial charge in [0.1, 0.15) is 24.1 Å². The lowest BCUT2D eigenvalue weighted by molar-refractivity contribution is -0.257. The number of ether oxygens (including phenoxy) is 1. The highest BCUT2D eigenvalue weighted by atomic mass is 19.4. The third-order valence-electron chi connectivity index (χ3n) is 2.21. The van der Waals surface area contributed by atoms with Crippen molar-refractivity contribution in [1.29, 1.82) is 0 Å². The molecule has 0 saturated carbocycles. The first kappa shape index (κ1) is 15.6. The van der Waals surface area contributed by atoms with Crippen LogP contribution in [0.3, 0.4) is 0 Å². The lowest BCUT2D eigenvalue weighted by Gasteiger charge is -2.17. The van der Waals surface area contributed by atoms with Crippen LogP contribution in [-0.2, 0) is 16.8 Å². The molecule has 0 spiro atoms. The molecule has 0 aliphatic heterocycles. The summed E-state index contributed by atoms with van der Waals surface area (Å²) in [6.45, 7) is 3.47. The van der Waals surface area contributed by atoms with Crippen molar-refractivity contribution in [1.82, 2.24) is 0 Å². The monoisotopic (exact) mass is 279 g/mol. The number of carbonyl (C=O) groups excluding carboxylic acids is 1. The molecule has 0 atom stereocenters. The number of halogens is 3. The Morgan fingerprint density at radius 1 is 1.37 bits per heavy atom. The number of aromatic carboxylic acids is 1. The van der Waals surface area contributed by atoms with Gasteiger partial charge in [-0.05, 0) is 6.07 Å². The normalized spacial score (nSPS) is 12.7. The van der Waals surface area contributed by atoms with Gasteiger partial charge < -0.3 is 19.1 Å². The van der Waals surface area contributed by atoms with E-state index in [2.05, 4.69) is 4.74 Å². The molecule has 1 aromatic heterocycles. The maximum Gasteiger partial charge on any atom is 0.411 e. The minimum atomic E-state index is -4.43. The minimum absolute atomic E-state index is 0.272. The molecule has 4 nitrogen and oxygen atoms in total. The van der Waals surface area contributed by atoms with E-state index in [-0.39, 0.29) is 17.9 Å². The third kappa shape index (κ3) is 4.59. The quantitative estimate of drug-likeness (QED) is 0.846. The highest BCUT2D eigenvalue weighted by molar-refractivity contribution is 5.82. The first-order valence-corrected chi connectivity index (χ1v) is 5.50. The molecule has 108 valence electrons. The minimum Gasteiger partial charge on any atom is -0.542 e. The van der Waals surface area contributed by atoms with Crippen molar-refractivity contribution in [3.05, 3.63) is 23.2 Å². The number of alkyl halides is 3. The standard InChI is InChI=1S/C12H15F3O4/c1-11(2,3)9-7(4-8(19-9)10(16)17)5-18-6-12(13,14)15/h4H,5-6H2,1-3H3,(H,16,17)/p-1. The lowest BCUT2D eigenvalue weighted by Crippen LogP contribution is -2.21. The largest absolute Gasteiger partial charge is 0.542 e. The van der Waals surface area contributed by atoms with Crippen LogP contribution in [0.2, 0.25) is 0 Å². The van der Waals surface area contributed by atoms with Crippen molar-refractivity contribution in [3.63, 3.8) is 0 Å². The van der Waals surface area contributed by atoms with Crippen LogP contribution >= 0.6 is 0 Å². The lowest BCUT2D eigenvalue weighted by atomic mass is 9.91. The van der Waals surface area contributed by atoms with Gasteiger partial charge in [0, 0.05) is 11.0 Å². The molecule has 19 heavy (non-hydrogen) atoms. The average Bonchev–Trinajstić information content (AvgIpc) is 2.59. The van der Waals surface area contributed by atoms with Crippen LogP contribution in [0.25, 0.3) is 0 Å². The summed E-state index contributed by atoms with van der Waals surface area (Å²) in [5, 5.41) is 10.7. The van der Waals surface area contributed by atoms with E-state index in [0.717, 1.165) is 6.07 Å². The zero-order valence-electron chi connectivity index (χ0n) is 10.8. The van der Waals surface area contributed by atoms with Gasteiger partial charge >= 0.3 is 6.18 Å². The number of furan rings is 1. The van der Waals surface area contributed by atoms with Crippen molar-refractivity contribution in [2.24, 2.45) is 0 Å². The van der Waals surface area contributed by atoms with Gasteiger partial charge in [-0.2, -0.15) is 13.2 Å². The summed E-state index contributed by atoms with van der Waals surface area (Å²) in [6.07, 6.45) is -4.43. The van der Waals surface area contributed by atoms with E-state index >= 15 is 0 Å². The Bertz CT molecular complexity index is 455. The van der Waals surface area contributed by atoms with Gasteiger partial charge in [-0.1, -0.05) is 20.8 Å². The molecule has 0 saturated heterocycles. The predicted octanol–water partition coefficient (Wildman–Crippen LogP) is 2.02. The van der Waals surface area contributed by atoms with E-state index < -0.39 is 29.9 Å². The summed E-state index contributed by atoms with van der Waals surface area (Å²) in [5.41, 5.74) is -0.277. The summed E-state index contributed by atoms with van der Waals surface area (Å²) in [4.78, 5) is 10.7. The molecule has 0 radical (unpaired) electrons. The Morgan fingerprint density at radius 3 is 2.37 bits per heavy atom. The number of hydrogen-bond donors (Lipinski definition) is 0. The summed E-state index contributed by atoms with van der Waals surface area (Å²) in [6, 6.07) is 1.13. The van der Waals surface area contributed by atoms with Crippen LogP contribution in [0.15, 0.2) is 10.5 Å². The van der Waals surface area contributed by atoms with Crippen LogP contribution in [0.5, 0.6) is 0 Å².